The molecule has 11 heteroatoms. The first-order chi connectivity index (χ1) is 15.8. The number of carbonyl (C=O) groups excluding carboxylic acids is 3. The van der Waals surface area contributed by atoms with E-state index in [0.717, 1.165) is 24.2 Å². The zero-order chi connectivity index (χ0) is 24.2. The number of rotatable bonds is 10. The largest absolute Gasteiger partial charge is 0.365 e. The fourth-order valence-corrected chi connectivity index (χ4v) is 4.44. The number of amides is 4. The molecule has 33 heavy (non-hydrogen) atoms. The number of ether oxygens (including phenoxy) is 2. The summed E-state index contributed by atoms with van der Waals surface area (Å²) in [6, 6.07) is 3.63. The van der Waals surface area contributed by atoms with Crippen LogP contribution in [0.2, 0.25) is 0 Å². The van der Waals surface area contributed by atoms with Crippen molar-refractivity contribution in [2.24, 2.45) is 5.41 Å². The number of unbranched alkanes of at least 4 members (excludes halogenated alkanes) is 3. The van der Waals surface area contributed by atoms with Crippen molar-refractivity contribution in [3.63, 3.8) is 0 Å². The van der Waals surface area contributed by atoms with E-state index in [1.165, 1.54) is 26.4 Å². The molecule has 180 valence electrons. The van der Waals surface area contributed by atoms with E-state index < -0.39 is 34.5 Å². The highest BCUT2D eigenvalue weighted by Crippen LogP contribution is 2.41. The number of nitro benzene ring substituents is 1. The number of imide groups is 2. The number of anilines is 1. The standard InChI is InChI=1S/C22H30N4O7/c1-4-5-6-7-10-25-20(28)22(19(27)23-21(25)29)12-15-11-16(26(30)31)8-9-17(15)24(14-22)13-18(32-2)33-3/h8-9,11,18H,4-7,10,12-14H2,1-3H3,(H,23,27,29)/t22-/m0/s1. The van der Waals surface area contributed by atoms with Gasteiger partial charge in [-0.15, -0.1) is 0 Å². The summed E-state index contributed by atoms with van der Waals surface area (Å²) in [5.74, 6) is -1.28. The molecule has 1 aromatic carbocycles. The topological polar surface area (TPSA) is 131 Å². The average Bonchev–Trinajstić information content (AvgIpc) is 2.80. The minimum Gasteiger partial charge on any atom is -0.365 e. The van der Waals surface area contributed by atoms with Gasteiger partial charge in [0.05, 0.1) is 11.5 Å². The molecule has 1 aromatic rings. The van der Waals surface area contributed by atoms with Gasteiger partial charge in [0.25, 0.3) is 5.69 Å². The number of benzene rings is 1. The van der Waals surface area contributed by atoms with E-state index in [2.05, 4.69) is 12.2 Å². The predicted molar refractivity (Wildman–Crippen MR) is 119 cm³/mol. The van der Waals surface area contributed by atoms with Crippen molar-refractivity contribution in [1.82, 2.24) is 10.2 Å². The van der Waals surface area contributed by atoms with Gasteiger partial charge in [-0.25, -0.2) is 4.79 Å². The third-order valence-corrected chi connectivity index (χ3v) is 6.25. The summed E-state index contributed by atoms with van der Waals surface area (Å²) in [5.41, 5.74) is -0.605. The highest BCUT2D eigenvalue weighted by atomic mass is 16.7. The summed E-state index contributed by atoms with van der Waals surface area (Å²) in [5, 5.41) is 13.7. The third kappa shape index (κ3) is 4.83. The lowest BCUT2D eigenvalue weighted by atomic mass is 9.74. The van der Waals surface area contributed by atoms with Crippen LogP contribution in [0.5, 0.6) is 0 Å². The van der Waals surface area contributed by atoms with Gasteiger partial charge in [-0.2, -0.15) is 0 Å². The lowest BCUT2D eigenvalue weighted by molar-refractivity contribution is -0.384. The molecule has 1 fully saturated rings. The van der Waals surface area contributed by atoms with Crippen molar-refractivity contribution in [2.75, 3.05) is 38.8 Å². The zero-order valence-corrected chi connectivity index (χ0v) is 19.2. The smallest absolute Gasteiger partial charge is 0.330 e. The number of nitrogens with zero attached hydrogens (tertiary/aromatic N) is 3. The maximum absolute atomic E-state index is 13.6. The molecule has 0 saturated carbocycles. The Kier molecular flexibility index (Phi) is 7.65. The number of nitro groups is 1. The summed E-state index contributed by atoms with van der Waals surface area (Å²) in [7, 11) is 2.94. The zero-order valence-electron chi connectivity index (χ0n) is 19.2. The molecule has 0 unspecified atom stereocenters. The number of hydrogen-bond donors (Lipinski definition) is 1. The number of nitrogens with one attached hydrogen (secondary N) is 1. The maximum Gasteiger partial charge on any atom is 0.330 e. The molecule has 2 aliphatic heterocycles. The minimum absolute atomic E-state index is 0.00949. The molecule has 2 aliphatic rings. The van der Waals surface area contributed by atoms with E-state index in [-0.39, 0.29) is 31.7 Å². The second kappa shape index (κ2) is 10.3. The van der Waals surface area contributed by atoms with Crippen LogP contribution in [0.4, 0.5) is 16.2 Å². The first kappa shape index (κ1) is 24.6. The molecule has 0 aromatic heterocycles. The molecule has 1 atom stereocenters. The SMILES string of the molecule is CCCCCCN1C(=O)NC(=O)[C@@]2(Cc3cc([N+](=O)[O-])ccc3N(CC(OC)OC)C2)C1=O. The van der Waals surface area contributed by atoms with Gasteiger partial charge in [0.15, 0.2) is 6.29 Å². The molecule has 0 radical (unpaired) electrons. The van der Waals surface area contributed by atoms with Crippen molar-refractivity contribution in [2.45, 2.75) is 45.3 Å². The fraction of sp³-hybridized carbons (Fsp3) is 0.591. The van der Waals surface area contributed by atoms with Crippen LogP contribution < -0.4 is 10.2 Å². The number of carbonyl (C=O) groups is 3. The van der Waals surface area contributed by atoms with Gasteiger partial charge in [-0.1, -0.05) is 26.2 Å². The van der Waals surface area contributed by atoms with Crippen LogP contribution in [-0.4, -0.2) is 67.8 Å². The quantitative estimate of drug-likeness (QED) is 0.184. The third-order valence-electron chi connectivity index (χ3n) is 6.25. The highest BCUT2D eigenvalue weighted by Gasteiger charge is 2.56. The molecular weight excluding hydrogens is 432 g/mol. The summed E-state index contributed by atoms with van der Waals surface area (Å²) in [6.07, 6.45) is 2.78. The molecular formula is C22H30N4O7. The number of hydrogen-bond acceptors (Lipinski definition) is 8. The molecule has 4 amide bonds. The predicted octanol–water partition coefficient (Wildman–Crippen LogP) is 2.22. The Bertz CT molecular complexity index is 933. The normalized spacial score (nSPS) is 20.4. The number of fused-ring (bicyclic) bond motifs is 1. The first-order valence-corrected chi connectivity index (χ1v) is 11.0. The number of methoxy groups -OCH3 is 2. The van der Waals surface area contributed by atoms with Gasteiger partial charge < -0.3 is 14.4 Å². The van der Waals surface area contributed by atoms with E-state index in [1.54, 1.807) is 11.0 Å². The summed E-state index contributed by atoms with van der Waals surface area (Å²) in [6.45, 7) is 2.45. The molecule has 3 rings (SSSR count). The van der Waals surface area contributed by atoms with E-state index in [1.807, 2.05) is 0 Å². The molecule has 1 spiro atoms. The van der Waals surface area contributed by atoms with E-state index in [4.69, 9.17) is 9.47 Å². The Labute approximate surface area is 192 Å². The van der Waals surface area contributed by atoms with Crippen LogP contribution in [0.25, 0.3) is 0 Å². The van der Waals surface area contributed by atoms with E-state index >= 15 is 0 Å². The van der Waals surface area contributed by atoms with Gasteiger partial charge in [0.1, 0.15) is 5.41 Å². The number of barbiturate groups is 1. The molecule has 2 heterocycles. The fourth-order valence-electron chi connectivity index (χ4n) is 4.44. The Hall–Kier alpha value is -3.05. The molecule has 11 nitrogen and oxygen atoms in total. The van der Waals surface area contributed by atoms with E-state index in [9.17, 15) is 24.5 Å². The summed E-state index contributed by atoms with van der Waals surface area (Å²) < 4.78 is 10.6. The van der Waals surface area contributed by atoms with E-state index in [0.29, 0.717) is 17.7 Å². The Morgan fingerprint density at radius 1 is 1.18 bits per heavy atom. The monoisotopic (exact) mass is 462 g/mol. The van der Waals surface area contributed by atoms with Crippen LogP contribution >= 0.6 is 0 Å². The molecule has 0 bridgehead atoms. The minimum atomic E-state index is -1.59. The van der Waals surface area contributed by atoms with Crippen LogP contribution in [0.3, 0.4) is 0 Å². The maximum atomic E-state index is 13.6. The molecule has 1 N–H and O–H groups in total. The molecule has 1 saturated heterocycles. The van der Waals surface area contributed by atoms with Crippen molar-refractivity contribution in [1.29, 1.82) is 0 Å². The lowest BCUT2D eigenvalue weighted by Crippen LogP contribution is -2.69. The molecule has 0 aliphatic carbocycles. The van der Waals surface area contributed by atoms with Crippen molar-refractivity contribution in [3.8, 4) is 0 Å². The van der Waals surface area contributed by atoms with Crippen LogP contribution in [0.1, 0.15) is 38.2 Å². The summed E-state index contributed by atoms with van der Waals surface area (Å²) in [4.78, 5) is 52.9. The lowest BCUT2D eigenvalue weighted by Gasteiger charge is -2.46. The number of urea groups is 1. The van der Waals surface area contributed by atoms with Gasteiger partial charge in [0.2, 0.25) is 11.8 Å². The highest BCUT2D eigenvalue weighted by molar-refractivity contribution is 6.20. The van der Waals surface area contributed by atoms with Crippen LogP contribution in [0, 0.1) is 15.5 Å². The van der Waals surface area contributed by atoms with Crippen molar-refractivity contribution < 1.29 is 28.8 Å². The second-order valence-electron chi connectivity index (χ2n) is 8.39. The van der Waals surface area contributed by atoms with Crippen LogP contribution in [-0.2, 0) is 25.5 Å². The van der Waals surface area contributed by atoms with Crippen LogP contribution in [0.15, 0.2) is 18.2 Å². The Morgan fingerprint density at radius 3 is 2.55 bits per heavy atom. The first-order valence-electron chi connectivity index (χ1n) is 11.0. The van der Waals surface area contributed by atoms with Gasteiger partial charge in [-0.3, -0.25) is 29.9 Å². The average molecular weight is 463 g/mol. The Balaban J connectivity index is 1.99. The Morgan fingerprint density at radius 2 is 1.91 bits per heavy atom. The number of non-ortho nitro benzene ring substituents is 1. The van der Waals surface area contributed by atoms with Crippen molar-refractivity contribution >= 4 is 29.2 Å². The second-order valence-corrected chi connectivity index (χ2v) is 8.39. The van der Waals surface area contributed by atoms with Gasteiger partial charge in [-0.05, 0) is 24.5 Å². The summed E-state index contributed by atoms with van der Waals surface area (Å²) >= 11 is 0. The van der Waals surface area contributed by atoms with Crippen molar-refractivity contribution in [3.05, 3.63) is 33.9 Å². The van der Waals surface area contributed by atoms with Gasteiger partial charge in [0, 0.05) is 45.1 Å². The van der Waals surface area contributed by atoms with Gasteiger partial charge >= 0.3 is 6.03 Å².